The quantitative estimate of drug-likeness (QED) is 0.594. The van der Waals surface area contributed by atoms with Gasteiger partial charge in [-0.15, -0.1) is 11.3 Å². The fourth-order valence-corrected chi connectivity index (χ4v) is 4.38. The van der Waals surface area contributed by atoms with Crippen LogP contribution in [0.2, 0.25) is 5.02 Å². The summed E-state index contributed by atoms with van der Waals surface area (Å²) in [6.45, 7) is 3.90. The highest BCUT2D eigenvalue weighted by Gasteiger charge is 2.17. The number of aromatic nitrogens is 1. The number of halogens is 1. The lowest BCUT2D eigenvalue weighted by Gasteiger charge is -2.30. The summed E-state index contributed by atoms with van der Waals surface area (Å²) in [5, 5.41) is 6.32. The lowest BCUT2D eigenvalue weighted by Crippen LogP contribution is -2.30. The molecule has 0 bridgehead atoms. The number of hydrogen-bond donors (Lipinski definition) is 1. The van der Waals surface area contributed by atoms with E-state index >= 15 is 0 Å². The van der Waals surface area contributed by atoms with Crippen LogP contribution in [0.4, 0.5) is 11.4 Å². The monoisotopic (exact) mass is 415 g/mol. The minimum absolute atomic E-state index is 0.104. The summed E-state index contributed by atoms with van der Waals surface area (Å²) in [5.41, 5.74) is 2.52. The van der Waals surface area contributed by atoms with Crippen LogP contribution in [0.25, 0.3) is 10.8 Å². The number of furan rings is 1. The molecule has 28 heavy (non-hydrogen) atoms. The molecule has 1 aromatic carbocycles. The van der Waals surface area contributed by atoms with Gasteiger partial charge in [-0.2, -0.15) is 0 Å². The molecule has 1 fully saturated rings. The normalized spacial score (nSPS) is 14.3. The van der Waals surface area contributed by atoms with E-state index in [-0.39, 0.29) is 12.3 Å². The van der Waals surface area contributed by atoms with Gasteiger partial charge in [0.05, 0.1) is 23.5 Å². The Morgan fingerprint density at radius 2 is 2.07 bits per heavy atom. The Bertz CT molecular complexity index is 976. The van der Waals surface area contributed by atoms with Gasteiger partial charge in [0.25, 0.3) is 0 Å². The van der Waals surface area contributed by atoms with Gasteiger partial charge in [-0.05, 0) is 56.5 Å². The zero-order chi connectivity index (χ0) is 19.5. The number of nitrogens with one attached hydrogen (secondary N) is 1. The van der Waals surface area contributed by atoms with E-state index < -0.39 is 0 Å². The van der Waals surface area contributed by atoms with Crippen molar-refractivity contribution in [2.24, 2.45) is 0 Å². The molecular formula is C21H22ClN3O2S. The molecule has 0 unspecified atom stereocenters. The summed E-state index contributed by atoms with van der Waals surface area (Å²) in [6.07, 6.45) is 3.81. The van der Waals surface area contributed by atoms with E-state index in [9.17, 15) is 4.79 Å². The van der Waals surface area contributed by atoms with Crippen molar-refractivity contribution in [3.05, 3.63) is 52.2 Å². The molecule has 3 aromatic rings. The van der Waals surface area contributed by atoms with Crippen LogP contribution in [0.3, 0.4) is 0 Å². The van der Waals surface area contributed by atoms with Crippen LogP contribution in [-0.2, 0) is 11.2 Å². The molecule has 2 aromatic heterocycles. The maximum Gasteiger partial charge on any atom is 0.230 e. The van der Waals surface area contributed by atoms with Crippen molar-refractivity contribution >= 4 is 40.2 Å². The molecule has 1 aliphatic rings. The van der Waals surface area contributed by atoms with Crippen LogP contribution < -0.4 is 10.2 Å². The van der Waals surface area contributed by atoms with Crippen molar-refractivity contribution in [1.82, 2.24) is 4.98 Å². The highest BCUT2D eigenvalue weighted by molar-refractivity contribution is 7.13. The number of carbonyl (C=O) groups is 1. The number of hydrogen-bond acceptors (Lipinski definition) is 5. The second-order valence-corrected chi connectivity index (χ2v) is 8.28. The molecule has 0 radical (unpaired) electrons. The van der Waals surface area contributed by atoms with Gasteiger partial charge in [-0.1, -0.05) is 11.6 Å². The van der Waals surface area contributed by atoms with Gasteiger partial charge in [0.15, 0.2) is 10.8 Å². The summed E-state index contributed by atoms with van der Waals surface area (Å²) >= 11 is 7.66. The Kier molecular flexibility index (Phi) is 5.69. The number of nitrogens with zero attached hydrogens (tertiary/aromatic N) is 2. The van der Waals surface area contributed by atoms with E-state index in [0.717, 1.165) is 46.7 Å². The van der Waals surface area contributed by atoms with E-state index in [1.165, 1.54) is 30.6 Å². The third-order valence-electron chi connectivity index (χ3n) is 4.77. The van der Waals surface area contributed by atoms with Crippen molar-refractivity contribution in [3.8, 4) is 10.8 Å². The number of aryl methyl sites for hydroxylation is 1. The molecule has 0 spiro atoms. The Labute approximate surface area is 173 Å². The average Bonchev–Trinajstić information content (AvgIpc) is 3.31. The molecule has 1 amide bonds. The van der Waals surface area contributed by atoms with Gasteiger partial charge in [-0.25, -0.2) is 4.98 Å². The molecule has 0 atom stereocenters. The fraction of sp³-hybridized carbons (Fsp3) is 0.333. The number of thiazole rings is 1. The summed E-state index contributed by atoms with van der Waals surface area (Å²) in [5.74, 6) is 1.47. The molecule has 7 heteroatoms. The van der Waals surface area contributed by atoms with Gasteiger partial charge in [0.2, 0.25) is 5.91 Å². The van der Waals surface area contributed by atoms with Gasteiger partial charge in [-0.3, -0.25) is 4.79 Å². The van der Waals surface area contributed by atoms with Crippen molar-refractivity contribution in [2.45, 2.75) is 32.6 Å². The fourth-order valence-electron chi connectivity index (χ4n) is 3.43. The van der Waals surface area contributed by atoms with Crippen molar-refractivity contribution in [1.29, 1.82) is 0 Å². The molecule has 4 rings (SSSR count). The number of benzene rings is 1. The summed E-state index contributed by atoms with van der Waals surface area (Å²) in [4.78, 5) is 19.5. The Morgan fingerprint density at radius 1 is 1.25 bits per heavy atom. The first-order valence-corrected chi connectivity index (χ1v) is 10.7. The SMILES string of the molecule is Cc1ccc(-c2nc(CC(=O)Nc3cc(Cl)ccc3N3CCCCC3)cs2)o1. The minimum atomic E-state index is -0.104. The third kappa shape index (κ3) is 4.39. The van der Waals surface area contributed by atoms with Crippen LogP contribution in [0.15, 0.2) is 40.1 Å². The van der Waals surface area contributed by atoms with Crippen molar-refractivity contribution in [2.75, 3.05) is 23.3 Å². The van der Waals surface area contributed by atoms with E-state index in [1.54, 1.807) is 0 Å². The highest BCUT2D eigenvalue weighted by Crippen LogP contribution is 2.31. The molecule has 0 aliphatic carbocycles. The van der Waals surface area contributed by atoms with Crippen molar-refractivity contribution < 1.29 is 9.21 Å². The first-order valence-electron chi connectivity index (χ1n) is 9.44. The van der Waals surface area contributed by atoms with Gasteiger partial charge in [0, 0.05) is 23.5 Å². The highest BCUT2D eigenvalue weighted by atomic mass is 35.5. The number of amides is 1. The lowest BCUT2D eigenvalue weighted by atomic mass is 10.1. The molecule has 5 nitrogen and oxygen atoms in total. The Morgan fingerprint density at radius 3 is 2.82 bits per heavy atom. The predicted molar refractivity (Wildman–Crippen MR) is 114 cm³/mol. The molecule has 3 heterocycles. The largest absolute Gasteiger partial charge is 0.459 e. The molecule has 1 saturated heterocycles. The number of carbonyl (C=O) groups excluding carboxylic acids is 1. The van der Waals surface area contributed by atoms with E-state index in [4.69, 9.17) is 16.0 Å². The van der Waals surface area contributed by atoms with Crippen LogP contribution in [0, 0.1) is 6.92 Å². The maximum atomic E-state index is 12.6. The number of anilines is 2. The third-order valence-corrected chi connectivity index (χ3v) is 5.91. The van der Waals surface area contributed by atoms with Crippen LogP contribution in [0.1, 0.15) is 30.7 Å². The van der Waals surface area contributed by atoms with Crippen LogP contribution in [-0.4, -0.2) is 24.0 Å². The van der Waals surface area contributed by atoms with Gasteiger partial charge >= 0.3 is 0 Å². The molecule has 1 N–H and O–H groups in total. The first-order chi connectivity index (χ1) is 13.6. The minimum Gasteiger partial charge on any atom is -0.459 e. The predicted octanol–water partition coefficient (Wildman–Crippen LogP) is 5.54. The zero-order valence-electron chi connectivity index (χ0n) is 15.7. The second-order valence-electron chi connectivity index (χ2n) is 6.99. The number of rotatable bonds is 5. The molecule has 1 aliphatic heterocycles. The molecular weight excluding hydrogens is 394 g/mol. The lowest BCUT2D eigenvalue weighted by molar-refractivity contribution is -0.115. The van der Waals surface area contributed by atoms with Gasteiger partial charge in [0.1, 0.15) is 5.76 Å². The zero-order valence-corrected chi connectivity index (χ0v) is 17.3. The van der Waals surface area contributed by atoms with E-state index in [1.807, 2.05) is 42.6 Å². The first kappa shape index (κ1) is 19.0. The summed E-state index contributed by atoms with van der Waals surface area (Å²) in [7, 11) is 0. The van der Waals surface area contributed by atoms with Gasteiger partial charge < -0.3 is 14.6 Å². The summed E-state index contributed by atoms with van der Waals surface area (Å²) in [6, 6.07) is 9.49. The van der Waals surface area contributed by atoms with E-state index in [0.29, 0.717) is 5.02 Å². The number of piperidine rings is 1. The Hall–Kier alpha value is -2.31. The van der Waals surface area contributed by atoms with E-state index in [2.05, 4.69) is 15.2 Å². The maximum absolute atomic E-state index is 12.6. The average molecular weight is 416 g/mol. The summed E-state index contributed by atoms with van der Waals surface area (Å²) < 4.78 is 5.61. The molecule has 146 valence electrons. The van der Waals surface area contributed by atoms with Crippen molar-refractivity contribution in [3.63, 3.8) is 0 Å². The standard InChI is InChI=1S/C21H22ClN3O2S/c1-14-5-8-19(27-14)21-23-16(13-28-21)12-20(26)24-17-11-15(22)6-7-18(17)25-9-3-2-4-10-25/h5-8,11,13H,2-4,9-10,12H2,1H3,(H,24,26). The topological polar surface area (TPSA) is 58.4 Å². The Balaban J connectivity index is 1.46. The van der Waals surface area contributed by atoms with Crippen LogP contribution >= 0.6 is 22.9 Å². The van der Waals surface area contributed by atoms with Crippen LogP contribution in [0.5, 0.6) is 0 Å². The smallest absolute Gasteiger partial charge is 0.230 e. The molecule has 0 saturated carbocycles. The second kappa shape index (κ2) is 8.37.